The quantitative estimate of drug-likeness (QED) is 0.654. The molecule has 0 bridgehead atoms. The molecule has 2 aromatic heterocycles. The lowest BCUT2D eigenvalue weighted by atomic mass is 10.2. The molecule has 0 spiro atoms. The summed E-state index contributed by atoms with van der Waals surface area (Å²) >= 11 is 3.12. The first-order chi connectivity index (χ1) is 11.1. The molecule has 118 valence electrons. The van der Waals surface area contributed by atoms with Crippen LogP contribution in [0.4, 0.5) is 0 Å². The van der Waals surface area contributed by atoms with Crippen molar-refractivity contribution in [3.8, 4) is 0 Å². The molecule has 0 aliphatic rings. The molecule has 0 N–H and O–H groups in total. The van der Waals surface area contributed by atoms with Crippen molar-refractivity contribution in [1.29, 1.82) is 0 Å². The third kappa shape index (κ3) is 3.19. The predicted octanol–water partition coefficient (Wildman–Crippen LogP) is 2.92. The van der Waals surface area contributed by atoms with Crippen LogP contribution in [0, 0.1) is 6.92 Å². The van der Waals surface area contributed by atoms with E-state index in [9.17, 15) is 9.59 Å². The second-order valence-electron chi connectivity index (χ2n) is 4.87. The first-order valence-electron chi connectivity index (χ1n) is 6.95. The average molecular weight is 377 g/mol. The number of benzene rings is 1. The Hall–Kier alpha value is -2.41. The lowest BCUT2D eigenvalue weighted by molar-refractivity contribution is 0.0451. The highest BCUT2D eigenvalue weighted by atomic mass is 79.9. The van der Waals surface area contributed by atoms with Crippen LogP contribution >= 0.6 is 15.9 Å². The molecule has 0 amide bonds. The third-order valence-corrected chi connectivity index (χ3v) is 3.80. The maximum atomic E-state index is 12.5. The van der Waals surface area contributed by atoms with Gasteiger partial charge < -0.3 is 9.15 Å². The van der Waals surface area contributed by atoms with Crippen LogP contribution in [0.5, 0.6) is 0 Å². The Balaban J connectivity index is 1.75. The Kier molecular flexibility index (Phi) is 4.29. The highest BCUT2D eigenvalue weighted by Crippen LogP contribution is 2.14. The minimum absolute atomic E-state index is 0.0535. The number of fused-ring (bicyclic) bond motifs is 1. The zero-order valence-corrected chi connectivity index (χ0v) is 13.9. The number of hydrogen-bond acceptors (Lipinski definition) is 5. The number of carbonyl (C=O) groups excluding carboxylic acids is 1. The van der Waals surface area contributed by atoms with Gasteiger partial charge in [-0.15, -0.1) is 0 Å². The van der Waals surface area contributed by atoms with E-state index in [1.807, 2.05) is 6.07 Å². The second-order valence-corrected chi connectivity index (χ2v) is 5.65. The van der Waals surface area contributed by atoms with E-state index in [1.165, 1.54) is 10.6 Å². The number of nitrogens with zero attached hydrogens (tertiary/aromatic N) is 2. The maximum absolute atomic E-state index is 12.5. The van der Waals surface area contributed by atoms with Gasteiger partial charge in [-0.05, 0) is 47.1 Å². The molecule has 0 aliphatic heterocycles. The summed E-state index contributed by atoms with van der Waals surface area (Å²) in [5.41, 5.74) is 0.508. The molecule has 3 rings (SSSR count). The lowest BCUT2D eigenvalue weighted by Crippen LogP contribution is -2.26. The number of para-hydroxylation sites is 1. The summed E-state index contributed by atoms with van der Waals surface area (Å²) in [4.78, 5) is 28.6. The Bertz CT molecular complexity index is 929. The van der Waals surface area contributed by atoms with Crippen molar-refractivity contribution in [2.75, 3.05) is 6.61 Å². The van der Waals surface area contributed by atoms with Crippen LogP contribution in [0.1, 0.15) is 16.4 Å². The fraction of sp³-hybridized carbons (Fsp3) is 0.188. The van der Waals surface area contributed by atoms with E-state index in [2.05, 4.69) is 20.9 Å². The van der Waals surface area contributed by atoms with Gasteiger partial charge in [0.15, 0.2) is 4.67 Å². The summed E-state index contributed by atoms with van der Waals surface area (Å²) < 4.78 is 12.2. The van der Waals surface area contributed by atoms with Gasteiger partial charge in [0.25, 0.3) is 5.56 Å². The zero-order valence-electron chi connectivity index (χ0n) is 12.3. The van der Waals surface area contributed by atoms with E-state index in [1.54, 1.807) is 31.2 Å². The molecule has 0 fully saturated rings. The van der Waals surface area contributed by atoms with Crippen molar-refractivity contribution in [1.82, 2.24) is 9.55 Å². The van der Waals surface area contributed by atoms with Crippen LogP contribution in [-0.4, -0.2) is 22.1 Å². The van der Waals surface area contributed by atoms with Gasteiger partial charge in [-0.3, -0.25) is 9.36 Å². The van der Waals surface area contributed by atoms with Crippen LogP contribution in [-0.2, 0) is 11.3 Å². The van der Waals surface area contributed by atoms with Gasteiger partial charge in [0.2, 0.25) is 5.76 Å². The topological polar surface area (TPSA) is 74.3 Å². The van der Waals surface area contributed by atoms with Crippen molar-refractivity contribution in [3.63, 3.8) is 0 Å². The first kappa shape index (κ1) is 15.5. The van der Waals surface area contributed by atoms with Gasteiger partial charge in [-0.1, -0.05) is 12.1 Å². The molecule has 0 atom stereocenters. The SMILES string of the molecule is Cc1nc2ccccc2c(=O)n1CCOC(=O)c1ccc(Br)o1. The Morgan fingerprint density at radius 2 is 2.09 bits per heavy atom. The number of ether oxygens (including phenoxy) is 1. The number of halogens is 1. The molecule has 0 aliphatic carbocycles. The van der Waals surface area contributed by atoms with E-state index >= 15 is 0 Å². The number of aromatic nitrogens is 2. The zero-order chi connectivity index (χ0) is 16.4. The highest BCUT2D eigenvalue weighted by molar-refractivity contribution is 9.10. The monoisotopic (exact) mass is 376 g/mol. The fourth-order valence-electron chi connectivity index (χ4n) is 2.27. The van der Waals surface area contributed by atoms with Crippen molar-refractivity contribution in [2.24, 2.45) is 0 Å². The largest absolute Gasteiger partial charge is 0.458 e. The van der Waals surface area contributed by atoms with Gasteiger partial charge in [0.05, 0.1) is 17.4 Å². The Labute approximate surface area is 139 Å². The van der Waals surface area contributed by atoms with E-state index < -0.39 is 5.97 Å². The standard InChI is InChI=1S/C16H13BrN2O4/c1-10-18-12-5-3-2-4-11(12)15(20)19(10)8-9-22-16(21)13-6-7-14(17)23-13/h2-7H,8-9H2,1H3. The summed E-state index contributed by atoms with van der Waals surface area (Å²) in [6.07, 6.45) is 0. The first-order valence-corrected chi connectivity index (χ1v) is 7.74. The normalized spacial score (nSPS) is 10.9. The van der Waals surface area contributed by atoms with Crippen molar-refractivity contribution in [2.45, 2.75) is 13.5 Å². The van der Waals surface area contributed by atoms with Gasteiger partial charge in [0.1, 0.15) is 12.4 Å². The fourth-order valence-corrected chi connectivity index (χ4v) is 2.57. The summed E-state index contributed by atoms with van der Waals surface area (Å²) in [7, 11) is 0. The van der Waals surface area contributed by atoms with Gasteiger partial charge in [-0.2, -0.15) is 0 Å². The highest BCUT2D eigenvalue weighted by Gasteiger charge is 2.13. The predicted molar refractivity (Wildman–Crippen MR) is 87.4 cm³/mol. The average Bonchev–Trinajstić information content (AvgIpc) is 2.97. The van der Waals surface area contributed by atoms with Crippen LogP contribution in [0.15, 0.2) is 50.3 Å². The molecule has 1 aromatic carbocycles. The summed E-state index contributed by atoms with van der Waals surface area (Å²) in [6.45, 7) is 2.04. The van der Waals surface area contributed by atoms with Crippen LogP contribution in [0.2, 0.25) is 0 Å². The molecule has 0 saturated carbocycles. The molecule has 6 nitrogen and oxygen atoms in total. The van der Waals surface area contributed by atoms with E-state index in [-0.39, 0.29) is 24.5 Å². The summed E-state index contributed by atoms with van der Waals surface area (Å²) in [5, 5.41) is 0.541. The minimum Gasteiger partial charge on any atom is -0.458 e. The third-order valence-electron chi connectivity index (χ3n) is 3.37. The van der Waals surface area contributed by atoms with E-state index in [0.717, 1.165) is 0 Å². The van der Waals surface area contributed by atoms with Crippen LogP contribution in [0.25, 0.3) is 10.9 Å². The minimum atomic E-state index is -0.574. The van der Waals surface area contributed by atoms with E-state index in [0.29, 0.717) is 21.4 Å². The number of rotatable bonds is 4. The number of hydrogen-bond donors (Lipinski definition) is 0. The molecular formula is C16H13BrN2O4. The number of carbonyl (C=O) groups is 1. The van der Waals surface area contributed by atoms with E-state index in [4.69, 9.17) is 9.15 Å². The second kappa shape index (κ2) is 6.37. The molecule has 0 unspecified atom stereocenters. The Morgan fingerprint density at radius 1 is 1.30 bits per heavy atom. The van der Waals surface area contributed by atoms with Crippen molar-refractivity contribution >= 4 is 32.8 Å². The van der Waals surface area contributed by atoms with Gasteiger partial charge in [0, 0.05) is 0 Å². The molecule has 3 aromatic rings. The molecule has 7 heteroatoms. The number of furan rings is 1. The molecule has 0 radical (unpaired) electrons. The number of aryl methyl sites for hydroxylation is 1. The van der Waals surface area contributed by atoms with Gasteiger partial charge in [-0.25, -0.2) is 9.78 Å². The molecular weight excluding hydrogens is 364 g/mol. The van der Waals surface area contributed by atoms with Crippen molar-refractivity contribution < 1.29 is 13.9 Å². The van der Waals surface area contributed by atoms with Crippen LogP contribution in [0.3, 0.4) is 0 Å². The lowest BCUT2D eigenvalue weighted by Gasteiger charge is -2.10. The molecule has 23 heavy (non-hydrogen) atoms. The number of esters is 1. The van der Waals surface area contributed by atoms with Crippen LogP contribution < -0.4 is 5.56 Å². The maximum Gasteiger partial charge on any atom is 0.374 e. The Morgan fingerprint density at radius 3 is 2.83 bits per heavy atom. The summed E-state index contributed by atoms with van der Waals surface area (Å²) in [5.74, 6) is 0.109. The summed E-state index contributed by atoms with van der Waals surface area (Å²) in [6, 6.07) is 10.3. The van der Waals surface area contributed by atoms with Crippen molar-refractivity contribution in [3.05, 3.63) is 63.0 Å². The molecule has 0 saturated heterocycles. The smallest absolute Gasteiger partial charge is 0.374 e. The molecule has 2 heterocycles. The van der Waals surface area contributed by atoms with Gasteiger partial charge >= 0.3 is 5.97 Å².